The van der Waals surface area contributed by atoms with Crippen LogP contribution in [0.2, 0.25) is 0 Å². The van der Waals surface area contributed by atoms with E-state index in [9.17, 15) is 9.90 Å². The van der Waals surface area contributed by atoms with E-state index in [1.165, 1.54) is 0 Å². The zero-order chi connectivity index (χ0) is 13.5. The average molecular weight is 250 g/mol. The normalized spacial score (nSPS) is 14.0. The van der Waals surface area contributed by atoms with Crippen molar-refractivity contribution >= 4 is 5.91 Å². The van der Waals surface area contributed by atoms with Crippen LogP contribution in [0.1, 0.15) is 31.1 Å². The predicted molar refractivity (Wildman–Crippen MR) is 72.0 cm³/mol. The number of hydrogen-bond donors (Lipinski definition) is 3. The summed E-state index contributed by atoms with van der Waals surface area (Å²) in [5.41, 5.74) is 1.91. The van der Waals surface area contributed by atoms with E-state index in [1.807, 2.05) is 38.2 Å². The van der Waals surface area contributed by atoms with E-state index in [-0.39, 0.29) is 11.8 Å². The molecule has 0 spiro atoms. The SMILES string of the molecule is CNCC(C)C(=O)NCc1ccc(C(C)O)cc1. The van der Waals surface area contributed by atoms with Crippen molar-refractivity contribution in [1.82, 2.24) is 10.6 Å². The van der Waals surface area contributed by atoms with Gasteiger partial charge in [0.25, 0.3) is 0 Å². The third-order valence-electron chi connectivity index (χ3n) is 2.89. The van der Waals surface area contributed by atoms with Gasteiger partial charge in [-0.05, 0) is 25.1 Å². The maximum Gasteiger partial charge on any atom is 0.224 e. The first-order valence-corrected chi connectivity index (χ1v) is 6.23. The van der Waals surface area contributed by atoms with Crippen LogP contribution in [0.3, 0.4) is 0 Å². The molecule has 0 saturated heterocycles. The Morgan fingerprint density at radius 2 is 1.89 bits per heavy atom. The summed E-state index contributed by atoms with van der Waals surface area (Å²) in [6.07, 6.45) is -0.454. The Hall–Kier alpha value is -1.39. The van der Waals surface area contributed by atoms with Crippen molar-refractivity contribution in [2.45, 2.75) is 26.5 Å². The highest BCUT2D eigenvalue weighted by molar-refractivity contribution is 5.78. The molecule has 3 N–H and O–H groups in total. The van der Waals surface area contributed by atoms with E-state index in [1.54, 1.807) is 6.92 Å². The number of nitrogens with one attached hydrogen (secondary N) is 2. The molecule has 100 valence electrons. The minimum Gasteiger partial charge on any atom is -0.389 e. The van der Waals surface area contributed by atoms with Crippen molar-refractivity contribution in [1.29, 1.82) is 0 Å². The van der Waals surface area contributed by atoms with Gasteiger partial charge < -0.3 is 15.7 Å². The minimum absolute atomic E-state index is 0.0354. The summed E-state index contributed by atoms with van der Waals surface area (Å²) in [5.74, 6) is 0.00990. The second-order valence-electron chi connectivity index (χ2n) is 4.59. The summed E-state index contributed by atoms with van der Waals surface area (Å²) in [4.78, 5) is 11.7. The van der Waals surface area contributed by atoms with Gasteiger partial charge in [0.2, 0.25) is 5.91 Å². The molecule has 0 bridgehead atoms. The second-order valence-corrected chi connectivity index (χ2v) is 4.59. The molecule has 0 aliphatic carbocycles. The largest absolute Gasteiger partial charge is 0.389 e. The van der Waals surface area contributed by atoms with Gasteiger partial charge in [-0.1, -0.05) is 31.2 Å². The van der Waals surface area contributed by atoms with E-state index in [0.29, 0.717) is 13.1 Å². The third-order valence-corrected chi connectivity index (χ3v) is 2.89. The smallest absolute Gasteiger partial charge is 0.224 e. The number of rotatable bonds is 6. The van der Waals surface area contributed by atoms with E-state index < -0.39 is 6.10 Å². The Kier molecular flexibility index (Phi) is 5.82. The van der Waals surface area contributed by atoms with E-state index >= 15 is 0 Å². The number of aliphatic hydroxyl groups is 1. The minimum atomic E-state index is -0.454. The maximum absolute atomic E-state index is 11.7. The summed E-state index contributed by atoms with van der Waals surface area (Å²) in [7, 11) is 1.83. The van der Waals surface area contributed by atoms with Gasteiger partial charge >= 0.3 is 0 Å². The number of amides is 1. The zero-order valence-electron chi connectivity index (χ0n) is 11.2. The number of benzene rings is 1. The molecule has 1 rings (SSSR count). The summed E-state index contributed by atoms with van der Waals surface area (Å²) < 4.78 is 0. The fraction of sp³-hybridized carbons (Fsp3) is 0.500. The number of aliphatic hydroxyl groups excluding tert-OH is 1. The maximum atomic E-state index is 11.7. The van der Waals surface area contributed by atoms with Crippen molar-refractivity contribution in [2.75, 3.05) is 13.6 Å². The lowest BCUT2D eigenvalue weighted by molar-refractivity contribution is -0.124. The number of hydrogen-bond acceptors (Lipinski definition) is 3. The molecule has 18 heavy (non-hydrogen) atoms. The Morgan fingerprint density at radius 3 is 2.39 bits per heavy atom. The van der Waals surface area contributed by atoms with Crippen molar-refractivity contribution in [3.05, 3.63) is 35.4 Å². The van der Waals surface area contributed by atoms with Crippen molar-refractivity contribution in [3.8, 4) is 0 Å². The summed E-state index contributed by atoms with van der Waals surface area (Å²) >= 11 is 0. The molecule has 2 unspecified atom stereocenters. The van der Waals surface area contributed by atoms with Gasteiger partial charge in [0, 0.05) is 19.0 Å². The molecule has 2 atom stereocenters. The fourth-order valence-corrected chi connectivity index (χ4v) is 1.68. The van der Waals surface area contributed by atoms with E-state index in [2.05, 4.69) is 10.6 Å². The molecule has 0 aliphatic heterocycles. The third kappa shape index (κ3) is 4.47. The van der Waals surface area contributed by atoms with Gasteiger partial charge in [-0.2, -0.15) is 0 Å². The molecule has 0 saturated carbocycles. The lowest BCUT2D eigenvalue weighted by Gasteiger charge is -2.12. The van der Waals surface area contributed by atoms with Gasteiger partial charge in [0.1, 0.15) is 0 Å². The van der Waals surface area contributed by atoms with E-state index in [4.69, 9.17) is 0 Å². The Balaban J connectivity index is 2.46. The zero-order valence-corrected chi connectivity index (χ0v) is 11.2. The van der Waals surface area contributed by atoms with Gasteiger partial charge in [-0.3, -0.25) is 4.79 Å². The van der Waals surface area contributed by atoms with Crippen LogP contribution in [0.15, 0.2) is 24.3 Å². The van der Waals surface area contributed by atoms with Crippen molar-refractivity contribution in [3.63, 3.8) is 0 Å². The van der Waals surface area contributed by atoms with Crippen LogP contribution in [-0.4, -0.2) is 24.6 Å². The first-order chi connectivity index (χ1) is 8.54. The van der Waals surface area contributed by atoms with Crippen LogP contribution in [-0.2, 0) is 11.3 Å². The predicted octanol–water partition coefficient (Wildman–Crippen LogP) is 1.21. The molecule has 0 radical (unpaired) electrons. The lowest BCUT2D eigenvalue weighted by atomic mass is 10.1. The Bertz CT molecular complexity index is 374. The highest BCUT2D eigenvalue weighted by Gasteiger charge is 2.10. The first kappa shape index (κ1) is 14.7. The quantitative estimate of drug-likeness (QED) is 0.711. The highest BCUT2D eigenvalue weighted by Crippen LogP contribution is 2.12. The van der Waals surface area contributed by atoms with Crippen LogP contribution in [0.5, 0.6) is 0 Å². The Morgan fingerprint density at radius 1 is 1.28 bits per heavy atom. The van der Waals surface area contributed by atoms with Gasteiger partial charge in [0.15, 0.2) is 0 Å². The second kappa shape index (κ2) is 7.13. The van der Waals surface area contributed by atoms with Crippen LogP contribution < -0.4 is 10.6 Å². The summed E-state index contributed by atoms with van der Waals surface area (Å²) in [5, 5.41) is 15.3. The molecule has 4 nitrogen and oxygen atoms in total. The number of carbonyl (C=O) groups excluding carboxylic acids is 1. The van der Waals surface area contributed by atoms with Gasteiger partial charge in [-0.15, -0.1) is 0 Å². The topological polar surface area (TPSA) is 61.4 Å². The molecule has 0 fully saturated rings. The molecule has 1 aromatic rings. The monoisotopic (exact) mass is 250 g/mol. The molecule has 0 heterocycles. The Labute approximate surface area is 108 Å². The molecule has 1 amide bonds. The first-order valence-electron chi connectivity index (χ1n) is 6.23. The fourth-order valence-electron chi connectivity index (χ4n) is 1.68. The lowest BCUT2D eigenvalue weighted by Crippen LogP contribution is -2.33. The summed E-state index contributed by atoms with van der Waals surface area (Å²) in [6.45, 7) is 4.82. The van der Waals surface area contributed by atoms with Gasteiger partial charge in [0.05, 0.1) is 6.10 Å². The highest BCUT2D eigenvalue weighted by atomic mass is 16.3. The van der Waals surface area contributed by atoms with Crippen LogP contribution in [0.4, 0.5) is 0 Å². The molecule has 0 aromatic heterocycles. The van der Waals surface area contributed by atoms with Crippen LogP contribution >= 0.6 is 0 Å². The number of carbonyl (C=O) groups is 1. The molecular formula is C14H22N2O2. The van der Waals surface area contributed by atoms with Crippen LogP contribution in [0.25, 0.3) is 0 Å². The van der Waals surface area contributed by atoms with Crippen molar-refractivity contribution < 1.29 is 9.90 Å². The summed E-state index contributed by atoms with van der Waals surface area (Å²) in [6, 6.07) is 7.60. The van der Waals surface area contributed by atoms with E-state index in [0.717, 1.165) is 11.1 Å². The van der Waals surface area contributed by atoms with Gasteiger partial charge in [-0.25, -0.2) is 0 Å². The molecule has 4 heteroatoms. The average Bonchev–Trinajstić information content (AvgIpc) is 2.36. The molecule has 1 aromatic carbocycles. The standard InChI is InChI=1S/C14H22N2O2/c1-10(8-15-3)14(18)16-9-12-4-6-13(7-5-12)11(2)17/h4-7,10-11,15,17H,8-9H2,1-3H3,(H,16,18). The molecular weight excluding hydrogens is 228 g/mol. The molecule has 0 aliphatic rings. The van der Waals surface area contributed by atoms with Crippen LogP contribution in [0, 0.1) is 5.92 Å². The van der Waals surface area contributed by atoms with Crippen molar-refractivity contribution in [2.24, 2.45) is 5.92 Å².